The molecule has 0 spiro atoms. The van der Waals surface area contributed by atoms with Crippen LogP contribution in [-0.2, 0) is 26.2 Å². The number of anilines is 1. The molecule has 1 aliphatic rings. The summed E-state index contributed by atoms with van der Waals surface area (Å²) in [7, 11) is -3.57. The highest BCUT2D eigenvalue weighted by Gasteiger charge is 2.32. The Morgan fingerprint density at radius 2 is 1.74 bits per heavy atom. The second-order valence-electron chi connectivity index (χ2n) is 9.12. The fourth-order valence-corrected chi connectivity index (χ4v) is 5.66. The van der Waals surface area contributed by atoms with E-state index in [-0.39, 0.29) is 17.7 Å². The minimum Gasteiger partial charge on any atom is -0.339 e. The molecule has 1 N–H and O–H groups in total. The summed E-state index contributed by atoms with van der Waals surface area (Å²) in [6.07, 6.45) is 0.950. The highest BCUT2D eigenvalue weighted by Crippen LogP contribution is 2.26. The van der Waals surface area contributed by atoms with Crippen molar-refractivity contribution >= 4 is 27.5 Å². The molecular weight excluding hydrogens is 450 g/mol. The molecule has 0 saturated carbocycles. The number of hydrogen-bond acceptors (Lipinski definition) is 4. The van der Waals surface area contributed by atoms with Gasteiger partial charge in [-0.3, -0.25) is 9.59 Å². The van der Waals surface area contributed by atoms with Gasteiger partial charge < -0.3 is 10.2 Å². The van der Waals surface area contributed by atoms with E-state index in [1.807, 2.05) is 43.3 Å². The molecule has 1 heterocycles. The Morgan fingerprint density at radius 3 is 2.29 bits per heavy atom. The predicted octanol–water partition coefficient (Wildman–Crippen LogP) is 4.22. The van der Waals surface area contributed by atoms with Crippen molar-refractivity contribution in [2.75, 3.05) is 25.0 Å². The molecule has 1 saturated heterocycles. The Hall–Kier alpha value is -2.71. The third kappa shape index (κ3) is 6.24. The molecule has 1 aliphatic heterocycles. The number of rotatable bonds is 8. The van der Waals surface area contributed by atoms with Crippen LogP contribution in [0.2, 0.25) is 0 Å². The second kappa shape index (κ2) is 11.1. The number of amides is 2. The van der Waals surface area contributed by atoms with Gasteiger partial charge in [0.15, 0.2) is 0 Å². The third-order valence-corrected chi connectivity index (χ3v) is 8.32. The third-order valence-electron chi connectivity index (χ3n) is 6.40. The molecule has 0 aromatic heterocycles. The zero-order valence-corrected chi connectivity index (χ0v) is 21.3. The minimum absolute atomic E-state index is 0.00881. The van der Waals surface area contributed by atoms with Crippen molar-refractivity contribution in [1.82, 2.24) is 9.21 Å². The zero-order chi connectivity index (χ0) is 24.9. The summed E-state index contributed by atoms with van der Waals surface area (Å²) in [4.78, 5) is 26.6. The number of nitrogens with zero attached hydrogens (tertiary/aromatic N) is 2. The van der Waals surface area contributed by atoms with E-state index >= 15 is 0 Å². The molecule has 2 aromatic carbocycles. The maximum absolute atomic E-state index is 13.0. The Morgan fingerprint density at radius 1 is 1.09 bits per heavy atom. The lowest BCUT2D eigenvalue weighted by Crippen LogP contribution is -2.41. The van der Waals surface area contributed by atoms with Gasteiger partial charge in [-0.1, -0.05) is 38.1 Å². The molecule has 2 aromatic rings. The van der Waals surface area contributed by atoms with Crippen molar-refractivity contribution in [2.24, 2.45) is 5.92 Å². The number of hydrogen-bond donors (Lipinski definition) is 1. The second-order valence-corrected chi connectivity index (χ2v) is 11.1. The Labute approximate surface area is 203 Å². The van der Waals surface area contributed by atoms with Gasteiger partial charge in [-0.2, -0.15) is 4.31 Å². The van der Waals surface area contributed by atoms with Crippen molar-refractivity contribution in [2.45, 2.75) is 57.9 Å². The zero-order valence-electron chi connectivity index (χ0n) is 20.5. The summed E-state index contributed by atoms with van der Waals surface area (Å²) in [5.74, 6) is -0.00174. The molecule has 34 heavy (non-hydrogen) atoms. The Bertz CT molecular complexity index is 1110. The fraction of sp³-hybridized carbons (Fsp3) is 0.462. The maximum Gasteiger partial charge on any atom is 0.243 e. The fourth-order valence-electron chi connectivity index (χ4n) is 4.19. The molecular formula is C26H35N3O4S. The Kier molecular flexibility index (Phi) is 8.49. The van der Waals surface area contributed by atoms with Gasteiger partial charge >= 0.3 is 0 Å². The number of benzene rings is 2. The topological polar surface area (TPSA) is 86.8 Å². The van der Waals surface area contributed by atoms with Crippen LogP contribution < -0.4 is 5.32 Å². The van der Waals surface area contributed by atoms with E-state index in [4.69, 9.17) is 0 Å². The van der Waals surface area contributed by atoms with Crippen LogP contribution in [0, 0.1) is 5.92 Å². The summed E-state index contributed by atoms with van der Waals surface area (Å²) >= 11 is 0. The standard InChI is InChI=1S/C26H35N3O4S/c1-5-28(20(4)30)18-21-7-6-8-24(17-21)27-26(31)23-13-15-29(16-14-23)34(32,33)25-11-9-22(10-12-25)19(2)3/h6-12,17,19,23H,5,13-16,18H2,1-4H3,(H,27,31). The summed E-state index contributed by atoms with van der Waals surface area (Å²) in [5.41, 5.74) is 2.73. The van der Waals surface area contributed by atoms with Crippen LogP contribution in [0.15, 0.2) is 53.4 Å². The van der Waals surface area contributed by atoms with Crippen molar-refractivity contribution < 1.29 is 18.0 Å². The summed E-state index contributed by atoms with van der Waals surface area (Å²) < 4.78 is 27.5. The first kappa shape index (κ1) is 25.9. The highest BCUT2D eigenvalue weighted by atomic mass is 32.2. The van der Waals surface area contributed by atoms with Gasteiger partial charge in [0.25, 0.3) is 0 Å². The number of piperidine rings is 1. The predicted molar refractivity (Wildman–Crippen MR) is 134 cm³/mol. The lowest BCUT2D eigenvalue weighted by atomic mass is 9.97. The quantitative estimate of drug-likeness (QED) is 0.607. The van der Waals surface area contributed by atoms with E-state index in [1.54, 1.807) is 24.0 Å². The lowest BCUT2D eigenvalue weighted by Gasteiger charge is -2.30. The van der Waals surface area contributed by atoms with Crippen LogP contribution in [-0.4, -0.2) is 49.1 Å². The van der Waals surface area contributed by atoms with E-state index in [9.17, 15) is 18.0 Å². The SMILES string of the molecule is CCN(Cc1cccc(NC(=O)C2CCN(S(=O)(=O)c3ccc(C(C)C)cc3)CC2)c1)C(C)=O. The van der Waals surface area contributed by atoms with Crippen LogP contribution in [0.4, 0.5) is 5.69 Å². The van der Waals surface area contributed by atoms with E-state index < -0.39 is 10.0 Å². The largest absolute Gasteiger partial charge is 0.339 e. The first-order chi connectivity index (χ1) is 16.1. The average molecular weight is 486 g/mol. The summed E-state index contributed by atoms with van der Waals surface area (Å²) in [6, 6.07) is 14.6. The first-order valence-corrected chi connectivity index (χ1v) is 13.3. The van der Waals surface area contributed by atoms with E-state index in [2.05, 4.69) is 19.2 Å². The van der Waals surface area contributed by atoms with Crippen LogP contribution >= 0.6 is 0 Å². The van der Waals surface area contributed by atoms with E-state index in [0.717, 1.165) is 11.1 Å². The number of carbonyl (C=O) groups excluding carboxylic acids is 2. The first-order valence-electron chi connectivity index (χ1n) is 11.9. The van der Waals surface area contributed by atoms with Crippen molar-refractivity contribution in [1.29, 1.82) is 0 Å². The molecule has 8 heteroatoms. The molecule has 7 nitrogen and oxygen atoms in total. The molecule has 3 rings (SSSR count). The molecule has 0 atom stereocenters. The van der Waals surface area contributed by atoms with Crippen LogP contribution in [0.25, 0.3) is 0 Å². The summed E-state index contributed by atoms with van der Waals surface area (Å²) in [5, 5.41) is 2.96. The average Bonchev–Trinajstić information content (AvgIpc) is 2.82. The minimum atomic E-state index is -3.57. The maximum atomic E-state index is 13.0. The molecule has 0 aliphatic carbocycles. The normalized spacial score (nSPS) is 15.3. The van der Waals surface area contributed by atoms with Crippen LogP contribution in [0.3, 0.4) is 0 Å². The molecule has 0 radical (unpaired) electrons. The number of carbonyl (C=O) groups is 2. The van der Waals surface area contributed by atoms with E-state index in [0.29, 0.717) is 55.5 Å². The van der Waals surface area contributed by atoms with Crippen molar-refractivity contribution in [3.8, 4) is 0 Å². The van der Waals surface area contributed by atoms with Crippen molar-refractivity contribution in [3.63, 3.8) is 0 Å². The molecule has 2 amide bonds. The van der Waals surface area contributed by atoms with Crippen LogP contribution in [0.5, 0.6) is 0 Å². The van der Waals surface area contributed by atoms with Gasteiger partial charge in [0.1, 0.15) is 0 Å². The van der Waals surface area contributed by atoms with Gasteiger partial charge in [-0.25, -0.2) is 8.42 Å². The van der Waals surface area contributed by atoms with Crippen molar-refractivity contribution in [3.05, 3.63) is 59.7 Å². The number of sulfonamides is 1. The smallest absolute Gasteiger partial charge is 0.243 e. The monoisotopic (exact) mass is 485 g/mol. The van der Waals surface area contributed by atoms with Gasteiger partial charge in [-0.15, -0.1) is 0 Å². The molecule has 0 unspecified atom stereocenters. The molecule has 184 valence electrons. The van der Waals surface area contributed by atoms with Crippen LogP contribution in [0.1, 0.15) is 57.6 Å². The highest BCUT2D eigenvalue weighted by molar-refractivity contribution is 7.89. The lowest BCUT2D eigenvalue weighted by molar-refractivity contribution is -0.129. The van der Waals surface area contributed by atoms with Gasteiger partial charge in [0.05, 0.1) is 4.90 Å². The van der Waals surface area contributed by atoms with Gasteiger partial charge in [0.2, 0.25) is 21.8 Å². The molecule has 0 bridgehead atoms. The van der Waals surface area contributed by atoms with E-state index in [1.165, 1.54) is 4.31 Å². The van der Waals surface area contributed by atoms with Gasteiger partial charge in [0, 0.05) is 44.7 Å². The molecule has 1 fully saturated rings. The number of nitrogens with one attached hydrogen (secondary N) is 1. The van der Waals surface area contributed by atoms with Gasteiger partial charge in [-0.05, 0) is 61.1 Å². The Balaban J connectivity index is 1.58. The summed E-state index contributed by atoms with van der Waals surface area (Å²) in [6.45, 7) is 9.36.